The van der Waals surface area contributed by atoms with Gasteiger partial charge in [-0.25, -0.2) is 4.68 Å². The van der Waals surface area contributed by atoms with Crippen molar-refractivity contribution in [3.8, 4) is 5.69 Å². The van der Waals surface area contributed by atoms with E-state index in [0.717, 1.165) is 11.4 Å². The topological polar surface area (TPSA) is 67.2 Å². The number of aryl methyl sites for hydroxylation is 2. The predicted octanol–water partition coefficient (Wildman–Crippen LogP) is 1.99. The molecule has 0 fully saturated rings. The number of rotatable bonds is 5. The third-order valence-electron chi connectivity index (χ3n) is 3.34. The van der Waals surface area contributed by atoms with E-state index in [-0.39, 0.29) is 18.6 Å². The first-order chi connectivity index (χ1) is 10.0. The summed E-state index contributed by atoms with van der Waals surface area (Å²) in [7, 11) is 0. The van der Waals surface area contributed by atoms with Crippen LogP contribution in [0.2, 0.25) is 0 Å². The van der Waals surface area contributed by atoms with Gasteiger partial charge in [-0.1, -0.05) is 17.7 Å². The van der Waals surface area contributed by atoms with Gasteiger partial charge in [0, 0.05) is 18.3 Å². The number of aliphatic hydroxyl groups excluding tert-OH is 1. The van der Waals surface area contributed by atoms with E-state index in [9.17, 15) is 4.79 Å². The summed E-state index contributed by atoms with van der Waals surface area (Å²) in [6, 6.07) is 9.67. The van der Waals surface area contributed by atoms with Gasteiger partial charge in [0.25, 0.3) is 5.91 Å². The molecule has 0 aliphatic carbocycles. The summed E-state index contributed by atoms with van der Waals surface area (Å²) in [5.41, 5.74) is 3.40. The maximum absolute atomic E-state index is 12.1. The molecule has 0 bridgehead atoms. The summed E-state index contributed by atoms with van der Waals surface area (Å²) in [4.78, 5) is 12.1. The Kier molecular flexibility index (Phi) is 4.75. The predicted molar refractivity (Wildman–Crippen MR) is 81.7 cm³/mol. The molecule has 112 valence electrons. The van der Waals surface area contributed by atoms with E-state index in [1.807, 2.05) is 45.0 Å². The minimum Gasteiger partial charge on any atom is -0.396 e. The van der Waals surface area contributed by atoms with E-state index >= 15 is 0 Å². The van der Waals surface area contributed by atoms with Crippen LogP contribution in [0.3, 0.4) is 0 Å². The van der Waals surface area contributed by atoms with E-state index in [2.05, 4.69) is 10.4 Å². The Morgan fingerprint density at radius 3 is 2.62 bits per heavy atom. The molecule has 1 aromatic carbocycles. The number of aromatic nitrogens is 2. The van der Waals surface area contributed by atoms with Gasteiger partial charge in [-0.2, -0.15) is 5.10 Å². The summed E-state index contributed by atoms with van der Waals surface area (Å²) in [6.07, 6.45) is 0.531. The third-order valence-corrected chi connectivity index (χ3v) is 3.34. The van der Waals surface area contributed by atoms with Crippen LogP contribution in [0.1, 0.15) is 35.1 Å². The molecule has 5 nitrogen and oxygen atoms in total. The van der Waals surface area contributed by atoms with Crippen molar-refractivity contribution >= 4 is 5.91 Å². The molecule has 1 heterocycles. The summed E-state index contributed by atoms with van der Waals surface area (Å²) < 4.78 is 1.76. The van der Waals surface area contributed by atoms with Gasteiger partial charge in [-0.15, -0.1) is 0 Å². The molecule has 0 aliphatic rings. The molecule has 1 amide bonds. The first kappa shape index (κ1) is 15.3. The van der Waals surface area contributed by atoms with Crippen LogP contribution < -0.4 is 5.32 Å². The van der Waals surface area contributed by atoms with Gasteiger partial charge in [0.05, 0.1) is 5.69 Å². The monoisotopic (exact) mass is 287 g/mol. The molecule has 0 spiro atoms. The number of carbonyl (C=O) groups excluding carboxylic acids is 1. The Morgan fingerprint density at radius 2 is 2.00 bits per heavy atom. The zero-order chi connectivity index (χ0) is 15.4. The summed E-state index contributed by atoms with van der Waals surface area (Å²) in [5, 5.41) is 16.1. The van der Waals surface area contributed by atoms with Crippen molar-refractivity contribution in [1.82, 2.24) is 15.1 Å². The zero-order valence-corrected chi connectivity index (χ0v) is 12.6. The number of hydrogen-bond donors (Lipinski definition) is 2. The van der Waals surface area contributed by atoms with Gasteiger partial charge >= 0.3 is 0 Å². The van der Waals surface area contributed by atoms with Crippen LogP contribution in [0.15, 0.2) is 30.3 Å². The highest BCUT2D eigenvalue weighted by Gasteiger charge is 2.15. The fraction of sp³-hybridized carbons (Fsp3) is 0.375. The molecule has 2 N–H and O–H groups in total. The van der Waals surface area contributed by atoms with Gasteiger partial charge < -0.3 is 10.4 Å². The molecule has 1 atom stereocenters. The van der Waals surface area contributed by atoms with Crippen molar-refractivity contribution in [3.05, 3.63) is 47.3 Å². The van der Waals surface area contributed by atoms with Crippen LogP contribution in [0.25, 0.3) is 5.69 Å². The van der Waals surface area contributed by atoms with Crippen LogP contribution in [0.4, 0.5) is 0 Å². The number of hydrogen-bond acceptors (Lipinski definition) is 3. The summed E-state index contributed by atoms with van der Waals surface area (Å²) in [5.74, 6) is -0.218. The highest BCUT2D eigenvalue weighted by molar-refractivity contribution is 5.92. The van der Waals surface area contributed by atoms with E-state index < -0.39 is 0 Å². The smallest absolute Gasteiger partial charge is 0.272 e. The quantitative estimate of drug-likeness (QED) is 0.883. The van der Waals surface area contributed by atoms with E-state index in [1.165, 1.54) is 5.56 Å². The Morgan fingerprint density at radius 1 is 1.33 bits per heavy atom. The molecule has 2 aromatic rings. The largest absolute Gasteiger partial charge is 0.396 e. The third kappa shape index (κ3) is 3.70. The Bertz CT molecular complexity index is 617. The Labute approximate surface area is 124 Å². The van der Waals surface area contributed by atoms with Gasteiger partial charge in [0.2, 0.25) is 0 Å². The minimum atomic E-state index is -0.218. The normalized spacial score (nSPS) is 12.2. The fourth-order valence-electron chi connectivity index (χ4n) is 2.10. The van der Waals surface area contributed by atoms with Crippen molar-refractivity contribution < 1.29 is 9.90 Å². The van der Waals surface area contributed by atoms with Crippen LogP contribution in [0.5, 0.6) is 0 Å². The van der Waals surface area contributed by atoms with Crippen molar-refractivity contribution in [1.29, 1.82) is 0 Å². The maximum Gasteiger partial charge on any atom is 0.272 e. The van der Waals surface area contributed by atoms with Crippen LogP contribution in [-0.4, -0.2) is 33.4 Å². The fourth-order valence-corrected chi connectivity index (χ4v) is 2.10. The minimum absolute atomic E-state index is 0.0539. The number of aliphatic hydroxyl groups is 1. The maximum atomic E-state index is 12.1. The zero-order valence-electron chi connectivity index (χ0n) is 12.6. The number of amides is 1. The Hall–Kier alpha value is -2.14. The molecule has 0 aliphatic heterocycles. The average Bonchev–Trinajstić information content (AvgIpc) is 2.82. The lowest BCUT2D eigenvalue weighted by molar-refractivity contribution is 0.0929. The molecule has 2 rings (SSSR count). The number of nitrogens with zero attached hydrogens (tertiary/aromatic N) is 2. The molecular weight excluding hydrogens is 266 g/mol. The summed E-state index contributed by atoms with van der Waals surface area (Å²) >= 11 is 0. The van der Waals surface area contributed by atoms with Gasteiger partial charge in [-0.05, 0) is 45.4 Å². The average molecular weight is 287 g/mol. The molecule has 5 heteroatoms. The van der Waals surface area contributed by atoms with Gasteiger partial charge in [0.1, 0.15) is 0 Å². The molecule has 0 saturated heterocycles. The van der Waals surface area contributed by atoms with Gasteiger partial charge in [-0.3, -0.25) is 4.79 Å². The molecule has 0 radical (unpaired) electrons. The van der Waals surface area contributed by atoms with Crippen molar-refractivity contribution in [3.63, 3.8) is 0 Å². The van der Waals surface area contributed by atoms with E-state index in [4.69, 9.17) is 5.11 Å². The second-order valence-corrected chi connectivity index (χ2v) is 5.31. The van der Waals surface area contributed by atoms with Crippen molar-refractivity contribution in [2.75, 3.05) is 6.61 Å². The number of carbonyl (C=O) groups is 1. The first-order valence-electron chi connectivity index (χ1n) is 7.06. The molecule has 0 saturated carbocycles. The highest BCUT2D eigenvalue weighted by atomic mass is 16.3. The summed E-state index contributed by atoms with van der Waals surface area (Å²) in [6.45, 7) is 5.86. The SMILES string of the molecule is Cc1ccc(-n2nc(C(=O)N[C@H](C)CCO)cc2C)cc1. The number of benzene rings is 1. The van der Waals surface area contributed by atoms with E-state index in [0.29, 0.717) is 12.1 Å². The van der Waals surface area contributed by atoms with Crippen LogP contribution in [-0.2, 0) is 0 Å². The van der Waals surface area contributed by atoms with Crippen molar-refractivity contribution in [2.24, 2.45) is 0 Å². The standard InChI is InChI=1S/C16H21N3O2/c1-11-4-6-14(7-5-11)19-13(3)10-15(18-19)16(21)17-12(2)8-9-20/h4-7,10,12,20H,8-9H2,1-3H3,(H,17,21)/t12-/m1/s1. The van der Waals surface area contributed by atoms with Crippen LogP contribution in [0, 0.1) is 13.8 Å². The van der Waals surface area contributed by atoms with Crippen LogP contribution >= 0.6 is 0 Å². The lowest BCUT2D eigenvalue weighted by atomic mass is 10.2. The highest BCUT2D eigenvalue weighted by Crippen LogP contribution is 2.13. The van der Waals surface area contributed by atoms with E-state index in [1.54, 1.807) is 10.7 Å². The second-order valence-electron chi connectivity index (χ2n) is 5.31. The molecule has 21 heavy (non-hydrogen) atoms. The lowest BCUT2D eigenvalue weighted by Crippen LogP contribution is -2.33. The van der Waals surface area contributed by atoms with Crippen molar-refractivity contribution in [2.45, 2.75) is 33.2 Å². The molecular formula is C16H21N3O2. The molecule has 0 unspecified atom stereocenters. The van der Waals surface area contributed by atoms with Gasteiger partial charge in [0.15, 0.2) is 5.69 Å². The Balaban J connectivity index is 2.19. The first-order valence-corrected chi connectivity index (χ1v) is 7.06. The number of nitrogens with one attached hydrogen (secondary N) is 1. The lowest BCUT2D eigenvalue weighted by Gasteiger charge is -2.10. The second kappa shape index (κ2) is 6.54. The molecule has 1 aromatic heterocycles.